The molecule has 1 saturated heterocycles. The van der Waals surface area contributed by atoms with Crippen LogP contribution in [0.2, 0.25) is 0 Å². The summed E-state index contributed by atoms with van der Waals surface area (Å²) in [6.07, 6.45) is 1.69. The van der Waals surface area contributed by atoms with E-state index in [9.17, 15) is 9.18 Å². The van der Waals surface area contributed by atoms with Gasteiger partial charge in [-0.3, -0.25) is 4.79 Å². The molecule has 7 heteroatoms. The lowest BCUT2D eigenvalue weighted by Crippen LogP contribution is -2.19. The Morgan fingerprint density at radius 1 is 1.12 bits per heavy atom. The highest BCUT2D eigenvalue weighted by molar-refractivity contribution is 8.18. The number of aliphatic imine (C=N–C) groups is 1. The van der Waals surface area contributed by atoms with Gasteiger partial charge in [-0.1, -0.05) is 24.3 Å². The molecule has 1 N–H and O–H groups in total. The van der Waals surface area contributed by atoms with Crippen molar-refractivity contribution >= 4 is 34.6 Å². The Balaban J connectivity index is 1.91. The van der Waals surface area contributed by atoms with Gasteiger partial charge in [-0.25, -0.2) is 9.38 Å². The van der Waals surface area contributed by atoms with Gasteiger partial charge >= 0.3 is 0 Å². The van der Waals surface area contributed by atoms with E-state index in [1.165, 1.54) is 13.2 Å². The van der Waals surface area contributed by atoms with Crippen molar-refractivity contribution < 1.29 is 18.7 Å². The zero-order valence-electron chi connectivity index (χ0n) is 13.6. The Hall–Kier alpha value is -2.80. The van der Waals surface area contributed by atoms with Crippen LogP contribution in [0.25, 0.3) is 6.08 Å². The van der Waals surface area contributed by atoms with E-state index in [1.807, 2.05) is 6.07 Å². The zero-order chi connectivity index (χ0) is 17.8. The number of hydrogen-bond acceptors (Lipinski definition) is 5. The summed E-state index contributed by atoms with van der Waals surface area (Å²) in [5, 5.41) is 2.96. The summed E-state index contributed by atoms with van der Waals surface area (Å²) in [6, 6.07) is 11.5. The van der Waals surface area contributed by atoms with Crippen molar-refractivity contribution in [2.24, 2.45) is 4.99 Å². The van der Waals surface area contributed by atoms with Crippen LogP contribution in [-0.4, -0.2) is 25.3 Å². The van der Waals surface area contributed by atoms with Gasteiger partial charge < -0.3 is 14.8 Å². The number of methoxy groups -OCH3 is 2. The third kappa shape index (κ3) is 3.66. The molecule has 128 valence electrons. The van der Waals surface area contributed by atoms with Gasteiger partial charge in [0.15, 0.2) is 16.7 Å². The number of carbonyl (C=O) groups is 1. The number of thioether (sulfide) groups is 1. The fourth-order valence-corrected chi connectivity index (χ4v) is 3.12. The maximum Gasteiger partial charge on any atom is 0.264 e. The number of amidine groups is 1. The van der Waals surface area contributed by atoms with E-state index < -0.39 is 5.82 Å². The number of nitrogens with one attached hydrogen (secondary N) is 1. The molecule has 3 rings (SSSR count). The van der Waals surface area contributed by atoms with E-state index in [1.54, 1.807) is 43.5 Å². The van der Waals surface area contributed by atoms with E-state index in [0.717, 1.165) is 11.8 Å². The van der Waals surface area contributed by atoms with Crippen molar-refractivity contribution in [3.63, 3.8) is 0 Å². The molecule has 5 nitrogen and oxygen atoms in total. The second-order valence-electron chi connectivity index (χ2n) is 5.02. The van der Waals surface area contributed by atoms with Gasteiger partial charge in [0, 0.05) is 5.56 Å². The standard InChI is InChI=1S/C18H15FN2O3S/c1-23-14-9-5-6-11(16(14)24-2)10-15-17(22)21-18(25-15)20-13-8-4-3-7-12(13)19/h3-10H,1-2H3,(H,20,21,22). The molecule has 0 aromatic heterocycles. The molecule has 2 aromatic carbocycles. The van der Waals surface area contributed by atoms with Crippen LogP contribution in [0.3, 0.4) is 0 Å². The minimum atomic E-state index is -0.447. The smallest absolute Gasteiger partial charge is 0.264 e. The fraction of sp³-hybridized carbons (Fsp3) is 0.111. The average molecular weight is 358 g/mol. The maximum absolute atomic E-state index is 13.7. The number of para-hydroxylation sites is 2. The zero-order valence-corrected chi connectivity index (χ0v) is 14.4. The quantitative estimate of drug-likeness (QED) is 0.846. The van der Waals surface area contributed by atoms with Crippen LogP contribution in [0.5, 0.6) is 11.5 Å². The van der Waals surface area contributed by atoms with E-state index in [2.05, 4.69) is 10.3 Å². The van der Waals surface area contributed by atoms with Crippen molar-refractivity contribution in [2.75, 3.05) is 14.2 Å². The molecule has 0 spiro atoms. The number of ether oxygens (including phenoxy) is 2. The summed E-state index contributed by atoms with van der Waals surface area (Å²) in [7, 11) is 3.08. The molecule has 25 heavy (non-hydrogen) atoms. The van der Waals surface area contributed by atoms with Crippen LogP contribution < -0.4 is 14.8 Å². The molecular weight excluding hydrogens is 343 g/mol. The number of hydrogen-bond donors (Lipinski definition) is 1. The predicted octanol–water partition coefficient (Wildman–Crippen LogP) is 3.73. The predicted molar refractivity (Wildman–Crippen MR) is 96.8 cm³/mol. The van der Waals surface area contributed by atoms with Crippen LogP contribution in [0.4, 0.5) is 10.1 Å². The molecule has 0 bridgehead atoms. The lowest BCUT2D eigenvalue weighted by Gasteiger charge is -2.10. The van der Waals surface area contributed by atoms with Gasteiger partial charge in [0.1, 0.15) is 11.5 Å². The topological polar surface area (TPSA) is 59.9 Å². The normalized spacial score (nSPS) is 17.0. The van der Waals surface area contributed by atoms with Gasteiger partial charge in [0.25, 0.3) is 5.91 Å². The van der Waals surface area contributed by atoms with Gasteiger partial charge in [0.2, 0.25) is 0 Å². The van der Waals surface area contributed by atoms with Gasteiger partial charge in [-0.2, -0.15) is 0 Å². The Bertz CT molecular complexity index is 880. The molecule has 0 saturated carbocycles. The minimum absolute atomic E-state index is 0.172. The largest absolute Gasteiger partial charge is 0.493 e. The Kier molecular flexibility index (Phi) is 5.04. The molecule has 0 radical (unpaired) electrons. The molecule has 0 atom stereocenters. The molecule has 0 unspecified atom stereocenters. The first-order chi connectivity index (χ1) is 12.1. The second kappa shape index (κ2) is 7.40. The van der Waals surface area contributed by atoms with Crippen LogP contribution in [0, 0.1) is 5.82 Å². The van der Waals surface area contributed by atoms with E-state index in [-0.39, 0.29) is 11.6 Å². The van der Waals surface area contributed by atoms with E-state index >= 15 is 0 Å². The van der Waals surface area contributed by atoms with Crippen LogP contribution in [0.1, 0.15) is 5.56 Å². The Morgan fingerprint density at radius 2 is 1.92 bits per heavy atom. The highest BCUT2D eigenvalue weighted by Gasteiger charge is 2.25. The van der Waals surface area contributed by atoms with Crippen LogP contribution in [-0.2, 0) is 4.79 Å². The Morgan fingerprint density at radius 3 is 2.64 bits per heavy atom. The fourth-order valence-electron chi connectivity index (χ4n) is 2.30. The minimum Gasteiger partial charge on any atom is -0.493 e. The van der Waals surface area contributed by atoms with Crippen molar-refractivity contribution in [2.45, 2.75) is 0 Å². The average Bonchev–Trinajstić information content (AvgIpc) is 2.96. The first-order valence-corrected chi connectivity index (χ1v) is 8.19. The van der Waals surface area contributed by atoms with Crippen molar-refractivity contribution in [3.05, 3.63) is 58.8 Å². The van der Waals surface area contributed by atoms with Gasteiger partial charge in [-0.15, -0.1) is 0 Å². The highest BCUT2D eigenvalue weighted by atomic mass is 32.2. The number of halogens is 1. The lowest BCUT2D eigenvalue weighted by molar-refractivity contribution is -0.115. The third-order valence-electron chi connectivity index (χ3n) is 3.45. The summed E-state index contributed by atoms with van der Waals surface area (Å²) in [5.41, 5.74) is 0.872. The molecule has 0 aliphatic carbocycles. The molecule has 1 aliphatic rings. The number of carbonyl (C=O) groups excluding carboxylic acids is 1. The number of amides is 1. The van der Waals surface area contributed by atoms with E-state index in [4.69, 9.17) is 9.47 Å². The molecular formula is C18H15FN2O3S. The number of rotatable bonds is 4. The maximum atomic E-state index is 13.7. The van der Waals surface area contributed by atoms with Crippen LogP contribution >= 0.6 is 11.8 Å². The highest BCUT2D eigenvalue weighted by Crippen LogP contribution is 2.35. The van der Waals surface area contributed by atoms with Crippen molar-refractivity contribution in [1.29, 1.82) is 0 Å². The number of benzene rings is 2. The SMILES string of the molecule is COc1cccc(C=C2SC(=Nc3ccccc3F)NC2=O)c1OC. The van der Waals surface area contributed by atoms with Crippen molar-refractivity contribution in [1.82, 2.24) is 5.32 Å². The molecule has 1 fully saturated rings. The molecule has 1 amide bonds. The third-order valence-corrected chi connectivity index (χ3v) is 4.36. The summed E-state index contributed by atoms with van der Waals surface area (Å²) < 4.78 is 24.3. The molecule has 1 aliphatic heterocycles. The lowest BCUT2D eigenvalue weighted by atomic mass is 10.1. The first kappa shape index (κ1) is 17.0. The monoisotopic (exact) mass is 358 g/mol. The van der Waals surface area contributed by atoms with E-state index in [0.29, 0.717) is 27.1 Å². The second-order valence-corrected chi connectivity index (χ2v) is 6.05. The van der Waals surface area contributed by atoms with Crippen molar-refractivity contribution in [3.8, 4) is 11.5 Å². The molecule has 2 aromatic rings. The summed E-state index contributed by atoms with van der Waals surface area (Å²) in [6.45, 7) is 0. The Labute approximate surface area is 148 Å². The molecule has 1 heterocycles. The summed E-state index contributed by atoms with van der Waals surface area (Å²) in [4.78, 5) is 16.8. The van der Waals surface area contributed by atoms with Crippen LogP contribution in [0.15, 0.2) is 52.4 Å². The van der Waals surface area contributed by atoms with Gasteiger partial charge in [-0.05, 0) is 36.0 Å². The first-order valence-electron chi connectivity index (χ1n) is 7.37. The summed E-state index contributed by atoms with van der Waals surface area (Å²) in [5.74, 6) is 0.354. The van der Waals surface area contributed by atoms with Gasteiger partial charge in [0.05, 0.1) is 19.1 Å². The summed E-state index contributed by atoms with van der Waals surface area (Å²) >= 11 is 1.14. The number of nitrogens with zero attached hydrogens (tertiary/aromatic N) is 1.